The van der Waals surface area contributed by atoms with Crippen LogP contribution >= 0.6 is 11.6 Å². The van der Waals surface area contributed by atoms with E-state index in [1.807, 2.05) is 0 Å². The molecular formula is C17H14ClNO4. The van der Waals surface area contributed by atoms with Gasteiger partial charge in [0.05, 0.1) is 23.4 Å². The average molecular weight is 332 g/mol. The lowest BCUT2D eigenvalue weighted by Gasteiger charge is -2.06. The van der Waals surface area contributed by atoms with Gasteiger partial charge in [0.1, 0.15) is 5.75 Å². The summed E-state index contributed by atoms with van der Waals surface area (Å²) in [5.41, 5.74) is 1.12. The summed E-state index contributed by atoms with van der Waals surface area (Å²) < 4.78 is 5.05. The van der Waals surface area contributed by atoms with Crippen LogP contribution in [0, 0.1) is 0 Å². The standard InChI is InChI=1S/C17H14ClNO4/c1-23-13-6-2-11(3-7-13)4-9-16(20)19-15-10-12(17(21)22)5-8-14(15)18/h2-10H,1H3,(H,19,20)(H,21,22)/b9-4+. The SMILES string of the molecule is COc1ccc(/C=C/C(=O)Nc2cc(C(=O)O)ccc2Cl)cc1. The predicted molar refractivity (Wildman–Crippen MR) is 89.1 cm³/mol. The van der Waals surface area contributed by atoms with E-state index in [4.69, 9.17) is 21.4 Å². The molecular weight excluding hydrogens is 318 g/mol. The molecule has 0 aliphatic carbocycles. The predicted octanol–water partition coefficient (Wildman–Crippen LogP) is 3.70. The maximum absolute atomic E-state index is 11.9. The summed E-state index contributed by atoms with van der Waals surface area (Å²) in [4.78, 5) is 22.8. The van der Waals surface area contributed by atoms with Crippen LogP contribution in [-0.4, -0.2) is 24.1 Å². The number of amides is 1. The van der Waals surface area contributed by atoms with E-state index in [2.05, 4.69) is 5.32 Å². The number of hydrogen-bond acceptors (Lipinski definition) is 3. The van der Waals surface area contributed by atoms with Crippen LogP contribution in [-0.2, 0) is 4.79 Å². The highest BCUT2D eigenvalue weighted by molar-refractivity contribution is 6.34. The lowest BCUT2D eigenvalue weighted by Crippen LogP contribution is -2.09. The Kier molecular flexibility index (Phi) is 5.38. The van der Waals surface area contributed by atoms with Gasteiger partial charge in [0.25, 0.3) is 0 Å². The van der Waals surface area contributed by atoms with Gasteiger partial charge < -0.3 is 15.2 Å². The van der Waals surface area contributed by atoms with Crippen molar-refractivity contribution < 1.29 is 19.4 Å². The molecule has 118 valence electrons. The van der Waals surface area contributed by atoms with Crippen LogP contribution in [0.5, 0.6) is 5.75 Å². The zero-order valence-corrected chi connectivity index (χ0v) is 13.0. The molecule has 2 aromatic carbocycles. The van der Waals surface area contributed by atoms with E-state index in [0.29, 0.717) is 0 Å². The molecule has 0 saturated carbocycles. The van der Waals surface area contributed by atoms with E-state index in [0.717, 1.165) is 11.3 Å². The van der Waals surface area contributed by atoms with Gasteiger partial charge in [-0.3, -0.25) is 4.79 Å². The number of carboxylic acid groups (broad SMARTS) is 1. The number of hydrogen-bond donors (Lipinski definition) is 2. The molecule has 2 N–H and O–H groups in total. The Bertz CT molecular complexity index is 754. The Morgan fingerprint density at radius 3 is 2.48 bits per heavy atom. The van der Waals surface area contributed by atoms with Crippen molar-refractivity contribution in [2.45, 2.75) is 0 Å². The Hall–Kier alpha value is -2.79. The number of nitrogens with one attached hydrogen (secondary N) is 1. The number of carbonyl (C=O) groups excluding carboxylic acids is 1. The molecule has 0 bridgehead atoms. The highest BCUT2D eigenvalue weighted by Crippen LogP contribution is 2.23. The van der Waals surface area contributed by atoms with E-state index in [1.54, 1.807) is 37.5 Å². The normalized spacial score (nSPS) is 10.5. The molecule has 2 rings (SSSR count). The van der Waals surface area contributed by atoms with Crippen molar-refractivity contribution >= 4 is 35.2 Å². The van der Waals surface area contributed by atoms with Gasteiger partial charge in [0.2, 0.25) is 5.91 Å². The molecule has 5 nitrogen and oxygen atoms in total. The van der Waals surface area contributed by atoms with E-state index in [1.165, 1.54) is 24.3 Å². The number of halogens is 1. The summed E-state index contributed by atoms with van der Waals surface area (Å²) in [7, 11) is 1.58. The van der Waals surface area contributed by atoms with E-state index in [-0.39, 0.29) is 16.3 Å². The van der Waals surface area contributed by atoms with Gasteiger partial charge in [-0.15, -0.1) is 0 Å². The molecule has 0 unspecified atom stereocenters. The third-order valence-electron chi connectivity index (χ3n) is 3.01. The number of methoxy groups -OCH3 is 1. The van der Waals surface area contributed by atoms with Gasteiger partial charge in [-0.2, -0.15) is 0 Å². The van der Waals surface area contributed by atoms with Gasteiger partial charge in [0.15, 0.2) is 0 Å². The first-order valence-corrected chi connectivity index (χ1v) is 7.03. The van der Waals surface area contributed by atoms with Gasteiger partial charge >= 0.3 is 5.97 Å². The minimum absolute atomic E-state index is 0.0452. The third kappa shape index (κ3) is 4.59. The zero-order valence-electron chi connectivity index (χ0n) is 12.2. The second kappa shape index (κ2) is 7.47. The zero-order chi connectivity index (χ0) is 16.8. The summed E-state index contributed by atoms with van der Waals surface area (Å²) in [6, 6.07) is 11.3. The number of aromatic carboxylic acids is 1. The molecule has 0 spiro atoms. The highest BCUT2D eigenvalue weighted by Gasteiger charge is 2.08. The highest BCUT2D eigenvalue weighted by atomic mass is 35.5. The Morgan fingerprint density at radius 1 is 1.17 bits per heavy atom. The molecule has 0 atom stereocenters. The summed E-state index contributed by atoms with van der Waals surface area (Å²) in [5.74, 6) is -0.778. The van der Waals surface area contributed by atoms with Crippen LogP contribution in [0.1, 0.15) is 15.9 Å². The fourth-order valence-corrected chi connectivity index (χ4v) is 1.98. The summed E-state index contributed by atoms with van der Waals surface area (Å²) in [6.45, 7) is 0. The van der Waals surface area contributed by atoms with E-state index >= 15 is 0 Å². The van der Waals surface area contributed by atoms with Crippen molar-refractivity contribution in [3.8, 4) is 5.75 Å². The number of anilines is 1. The monoisotopic (exact) mass is 331 g/mol. The van der Waals surface area contributed by atoms with Crippen LogP contribution < -0.4 is 10.1 Å². The first kappa shape index (κ1) is 16.6. The topological polar surface area (TPSA) is 75.6 Å². The van der Waals surface area contributed by atoms with E-state index in [9.17, 15) is 9.59 Å². The Balaban J connectivity index is 2.08. The number of carbonyl (C=O) groups is 2. The summed E-state index contributed by atoms with van der Waals surface area (Å²) >= 11 is 5.95. The van der Waals surface area contributed by atoms with Crippen molar-refractivity contribution in [1.82, 2.24) is 0 Å². The molecule has 6 heteroatoms. The van der Waals surface area contributed by atoms with Crippen LogP contribution in [0.25, 0.3) is 6.08 Å². The van der Waals surface area contributed by atoms with Gasteiger partial charge in [-0.25, -0.2) is 4.79 Å². The molecule has 0 saturated heterocycles. The largest absolute Gasteiger partial charge is 0.497 e. The summed E-state index contributed by atoms with van der Waals surface area (Å²) in [6.07, 6.45) is 2.97. The summed E-state index contributed by atoms with van der Waals surface area (Å²) in [5, 5.41) is 11.8. The molecule has 23 heavy (non-hydrogen) atoms. The van der Waals surface area contributed by atoms with Crippen LogP contribution in [0.15, 0.2) is 48.5 Å². The van der Waals surface area contributed by atoms with Crippen molar-refractivity contribution in [1.29, 1.82) is 0 Å². The maximum Gasteiger partial charge on any atom is 0.335 e. The minimum atomic E-state index is -1.09. The van der Waals surface area contributed by atoms with Gasteiger partial charge in [-0.05, 0) is 42.0 Å². The first-order chi connectivity index (χ1) is 11.0. The molecule has 0 radical (unpaired) electrons. The van der Waals surface area contributed by atoms with Crippen molar-refractivity contribution in [3.05, 3.63) is 64.7 Å². The van der Waals surface area contributed by atoms with Gasteiger partial charge in [0, 0.05) is 6.08 Å². The number of ether oxygens (including phenoxy) is 1. The number of rotatable bonds is 5. The van der Waals surface area contributed by atoms with Crippen LogP contribution in [0.4, 0.5) is 5.69 Å². The Labute approximate surface area is 138 Å². The van der Waals surface area contributed by atoms with Crippen LogP contribution in [0.2, 0.25) is 5.02 Å². The minimum Gasteiger partial charge on any atom is -0.497 e. The van der Waals surface area contributed by atoms with Crippen molar-refractivity contribution in [2.75, 3.05) is 12.4 Å². The fourth-order valence-electron chi connectivity index (χ4n) is 1.82. The Morgan fingerprint density at radius 2 is 1.87 bits per heavy atom. The van der Waals surface area contributed by atoms with Gasteiger partial charge in [-0.1, -0.05) is 23.7 Å². The van der Waals surface area contributed by atoms with Crippen LogP contribution in [0.3, 0.4) is 0 Å². The molecule has 0 aromatic heterocycles. The van der Waals surface area contributed by atoms with Crippen molar-refractivity contribution in [3.63, 3.8) is 0 Å². The first-order valence-electron chi connectivity index (χ1n) is 6.65. The second-order valence-corrected chi connectivity index (χ2v) is 5.00. The lowest BCUT2D eigenvalue weighted by molar-refractivity contribution is -0.111. The molecule has 1 amide bonds. The molecule has 0 aliphatic rings. The van der Waals surface area contributed by atoms with Crippen molar-refractivity contribution in [2.24, 2.45) is 0 Å². The smallest absolute Gasteiger partial charge is 0.335 e. The average Bonchev–Trinajstić information content (AvgIpc) is 2.55. The van der Waals surface area contributed by atoms with E-state index < -0.39 is 11.9 Å². The maximum atomic E-state index is 11.9. The molecule has 0 fully saturated rings. The lowest BCUT2D eigenvalue weighted by atomic mass is 10.2. The quantitative estimate of drug-likeness (QED) is 0.819. The molecule has 0 heterocycles. The fraction of sp³-hybridized carbons (Fsp3) is 0.0588. The molecule has 0 aliphatic heterocycles. The second-order valence-electron chi connectivity index (χ2n) is 4.60. The number of carboxylic acids is 1. The third-order valence-corrected chi connectivity index (χ3v) is 3.34. The molecule has 2 aromatic rings. The number of benzene rings is 2.